The molecule has 3 unspecified atom stereocenters. The predicted molar refractivity (Wildman–Crippen MR) is 155 cm³/mol. The molecule has 4 heterocycles. The standard InChI is InChI=1S/C32H43N3O7/c1-5-12-34(14-13-33-15-18-40-19-16-33)29(38)27-32-20-22(3)31(4,42-32)26(30(39)41-17-6-2)25(32)28(37)35(27)24(21-36)23-10-8-7-9-11-23/h5-11,22,24-27,36H,1-2,12-21H2,3-4H3/t22?,24-,25+,26+,27?,31-,32?/m1/s1. The molecule has 4 aliphatic rings. The summed E-state index contributed by atoms with van der Waals surface area (Å²) in [5.74, 6) is -3.13. The zero-order chi connectivity index (χ0) is 30.1. The molecule has 10 nitrogen and oxygen atoms in total. The molecule has 0 aromatic heterocycles. The molecule has 0 aliphatic carbocycles. The number of carbonyl (C=O) groups excluding carboxylic acids is 3. The molecule has 1 aromatic carbocycles. The molecular formula is C32H43N3O7. The zero-order valence-electron chi connectivity index (χ0n) is 24.7. The lowest BCUT2D eigenvalue weighted by Crippen LogP contribution is -2.58. The molecule has 4 aliphatic heterocycles. The van der Waals surface area contributed by atoms with Gasteiger partial charge in [-0.3, -0.25) is 19.3 Å². The number of esters is 1. The van der Waals surface area contributed by atoms with Crippen LogP contribution in [-0.2, 0) is 28.6 Å². The van der Waals surface area contributed by atoms with Crippen LogP contribution >= 0.6 is 0 Å². The number of morpholine rings is 1. The van der Waals surface area contributed by atoms with Crippen LogP contribution in [0.15, 0.2) is 55.6 Å². The molecule has 7 atom stereocenters. The first-order valence-electron chi connectivity index (χ1n) is 14.9. The number of rotatable bonds is 12. The average Bonchev–Trinajstić information content (AvgIpc) is 3.52. The smallest absolute Gasteiger partial charge is 0.313 e. The van der Waals surface area contributed by atoms with E-state index in [1.165, 1.54) is 11.0 Å². The van der Waals surface area contributed by atoms with E-state index in [0.717, 1.165) is 13.1 Å². The Bertz CT molecular complexity index is 1190. The number of carbonyl (C=O) groups is 3. The summed E-state index contributed by atoms with van der Waals surface area (Å²) >= 11 is 0. The maximum atomic E-state index is 14.8. The molecular weight excluding hydrogens is 538 g/mol. The molecule has 10 heteroatoms. The SMILES string of the molecule is C=CCOC(=O)[C@@H]1[C@H]2C(=O)N([C@H](CO)c3ccccc3)C(C(=O)N(CC=C)CCN3CCOCC3)C23CC(C)[C@@]1(C)O3. The number of hydrogen-bond acceptors (Lipinski definition) is 8. The quantitative estimate of drug-likeness (QED) is 0.294. The molecule has 2 bridgehead atoms. The van der Waals surface area contributed by atoms with Gasteiger partial charge in [-0.25, -0.2) is 0 Å². The van der Waals surface area contributed by atoms with Crippen molar-refractivity contribution in [3.63, 3.8) is 0 Å². The molecule has 5 rings (SSSR count). The summed E-state index contributed by atoms with van der Waals surface area (Å²) in [5.41, 5.74) is -1.53. The first kappa shape index (κ1) is 30.4. The van der Waals surface area contributed by atoms with E-state index in [0.29, 0.717) is 38.3 Å². The van der Waals surface area contributed by atoms with Gasteiger partial charge in [0.2, 0.25) is 11.8 Å². The summed E-state index contributed by atoms with van der Waals surface area (Å²) in [7, 11) is 0. The number of aliphatic hydroxyl groups excluding tert-OH is 1. The Morgan fingerprint density at radius 3 is 2.57 bits per heavy atom. The van der Waals surface area contributed by atoms with Gasteiger partial charge in [0.15, 0.2) is 0 Å². The molecule has 1 aromatic rings. The van der Waals surface area contributed by atoms with Crippen LogP contribution in [0, 0.1) is 17.8 Å². The first-order chi connectivity index (χ1) is 20.2. The lowest BCUT2D eigenvalue weighted by Gasteiger charge is -2.40. The minimum atomic E-state index is -1.25. The zero-order valence-corrected chi connectivity index (χ0v) is 24.7. The van der Waals surface area contributed by atoms with Crippen molar-refractivity contribution in [2.45, 2.75) is 43.6 Å². The van der Waals surface area contributed by atoms with Crippen molar-refractivity contribution in [1.29, 1.82) is 0 Å². The van der Waals surface area contributed by atoms with E-state index in [4.69, 9.17) is 14.2 Å². The van der Waals surface area contributed by atoms with E-state index in [-0.39, 0.29) is 30.9 Å². The van der Waals surface area contributed by atoms with Crippen LogP contribution in [0.2, 0.25) is 0 Å². The number of amides is 2. The van der Waals surface area contributed by atoms with Crippen LogP contribution in [0.5, 0.6) is 0 Å². The van der Waals surface area contributed by atoms with Gasteiger partial charge in [0.25, 0.3) is 0 Å². The number of likely N-dealkylation sites (tertiary alicyclic amines) is 1. The van der Waals surface area contributed by atoms with E-state index in [1.54, 1.807) is 11.0 Å². The second-order valence-corrected chi connectivity index (χ2v) is 12.0. The second kappa shape index (κ2) is 12.3. The maximum Gasteiger partial charge on any atom is 0.313 e. The summed E-state index contributed by atoms with van der Waals surface area (Å²) in [6, 6.07) is 7.35. The molecule has 1 spiro atoms. The summed E-state index contributed by atoms with van der Waals surface area (Å²) in [6.45, 7) is 15.2. The average molecular weight is 582 g/mol. The van der Waals surface area contributed by atoms with Gasteiger partial charge >= 0.3 is 5.97 Å². The van der Waals surface area contributed by atoms with E-state index < -0.39 is 47.7 Å². The fourth-order valence-corrected chi connectivity index (χ4v) is 7.62. The van der Waals surface area contributed by atoms with Gasteiger partial charge in [-0.15, -0.1) is 6.58 Å². The van der Waals surface area contributed by atoms with Crippen LogP contribution in [-0.4, -0.2) is 114 Å². The minimum absolute atomic E-state index is 0.0116. The molecule has 1 N–H and O–H groups in total. The highest BCUT2D eigenvalue weighted by Crippen LogP contribution is 2.66. The third kappa shape index (κ3) is 4.98. The Labute approximate surface area is 247 Å². The van der Waals surface area contributed by atoms with Crippen LogP contribution in [0.25, 0.3) is 0 Å². The normalized spacial score (nSPS) is 32.8. The summed E-state index contributed by atoms with van der Waals surface area (Å²) in [6.07, 6.45) is 3.60. The lowest BCUT2D eigenvalue weighted by atomic mass is 9.62. The lowest BCUT2D eigenvalue weighted by molar-refractivity contribution is -0.163. The summed E-state index contributed by atoms with van der Waals surface area (Å²) in [5, 5.41) is 10.7. The van der Waals surface area contributed by atoms with Crippen molar-refractivity contribution >= 4 is 17.8 Å². The topological polar surface area (TPSA) is 109 Å². The summed E-state index contributed by atoms with van der Waals surface area (Å²) < 4.78 is 17.8. The Kier molecular flexibility index (Phi) is 8.89. The monoisotopic (exact) mass is 581 g/mol. The van der Waals surface area contributed by atoms with Crippen molar-refractivity contribution in [3.8, 4) is 0 Å². The molecule has 0 radical (unpaired) electrons. The van der Waals surface area contributed by atoms with Gasteiger partial charge < -0.3 is 29.1 Å². The van der Waals surface area contributed by atoms with E-state index >= 15 is 0 Å². The van der Waals surface area contributed by atoms with Crippen LogP contribution in [0.4, 0.5) is 0 Å². The number of fused-ring (bicyclic) bond motifs is 1. The van der Waals surface area contributed by atoms with Gasteiger partial charge in [-0.2, -0.15) is 0 Å². The van der Waals surface area contributed by atoms with E-state index in [9.17, 15) is 19.5 Å². The summed E-state index contributed by atoms with van der Waals surface area (Å²) in [4.78, 5) is 48.3. The Balaban J connectivity index is 1.57. The van der Waals surface area contributed by atoms with Gasteiger partial charge in [0.05, 0.1) is 37.4 Å². The molecule has 2 amide bonds. The molecule has 0 saturated carbocycles. The molecule has 42 heavy (non-hydrogen) atoms. The highest BCUT2D eigenvalue weighted by Gasteiger charge is 2.80. The van der Waals surface area contributed by atoms with Gasteiger partial charge in [-0.05, 0) is 24.8 Å². The number of aliphatic hydroxyl groups is 1. The predicted octanol–water partition coefficient (Wildman–Crippen LogP) is 1.81. The van der Waals surface area contributed by atoms with Gasteiger partial charge in [0.1, 0.15) is 24.2 Å². The largest absolute Gasteiger partial charge is 0.461 e. The minimum Gasteiger partial charge on any atom is -0.461 e. The first-order valence-corrected chi connectivity index (χ1v) is 14.9. The van der Waals surface area contributed by atoms with Gasteiger partial charge in [0, 0.05) is 32.7 Å². The fourth-order valence-electron chi connectivity index (χ4n) is 7.62. The molecule has 4 fully saturated rings. The fraction of sp³-hybridized carbons (Fsp3) is 0.594. The van der Waals surface area contributed by atoms with E-state index in [2.05, 4.69) is 18.1 Å². The third-order valence-electron chi connectivity index (χ3n) is 9.73. The molecule has 4 saturated heterocycles. The number of benzene rings is 1. The number of hydrogen-bond donors (Lipinski definition) is 1. The molecule has 228 valence electrons. The highest BCUT2D eigenvalue weighted by molar-refractivity contribution is 5.99. The second-order valence-electron chi connectivity index (χ2n) is 12.0. The van der Waals surface area contributed by atoms with Crippen molar-refractivity contribution in [1.82, 2.24) is 14.7 Å². The number of ether oxygens (including phenoxy) is 3. The van der Waals surface area contributed by atoms with Crippen LogP contribution in [0.1, 0.15) is 31.9 Å². The number of nitrogens with zero attached hydrogens (tertiary/aromatic N) is 3. The Hall–Kier alpha value is -3.05. The van der Waals surface area contributed by atoms with Crippen LogP contribution < -0.4 is 0 Å². The van der Waals surface area contributed by atoms with Crippen molar-refractivity contribution < 1.29 is 33.7 Å². The van der Waals surface area contributed by atoms with Crippen molar-refractivity contribution in [3.05, 3.63) is 61.2 Å². The Morgan fingerprint density at radius 1 is 1.21 bits per heavy atom. The highest BCUT2D eigenvalue weighted by atomic mass is 16.6. The van der Waals surface area contributed by atoms with Crippen molar-refractivity contribution in [2.24, 2.45) is 17.8 Å². The third-order valence-corrected chi connectivity index (χ3v) is 9.73. The Morgan fingerprint density at radius 2 is 1.93 bits per heavy atom. The van der Waals surface area contributed by atoms with Crippen LogP contribution in [0.3, 0.4) is 0 Å². The van der Waals surface area contributed by atoms with Crippen molar-refractivity contribution in [2.75, 3.05) is 59.2 Å². The maximum absolute atomic E-state index is 14.8. The van der Waals surface area contributed by atoms with Gasteiger partial charge in [-0.1, -0.05) is 56.0 Å². The van der Waals surface area contributed by atoms with E-state index in [1.807, 2.05) is 44.2 Å².